The number of benzene rings is 2. The summed E-state index contributed by atoms with van der Waals surface area (Å²) in [5, 5.41) is 0. The van der Waals surface area contributed by atoms with Gasteiger partial charge in [-0.1, -0.05) is 53.9 Å². The normalized spacial score (nSPS) is 10.4. The van der Waals surface area contributed by atoms with E-state index >= 15 is 0 Å². The quantitative estimate of drug-likeness (QED) is 0.577. The summed E-state index contributed by atoms with van der Waals surface area (Å²) in [7, 11) is 0. The highest BCUT2D eigenvalue weighted by Gasteiger charge is 1.95. The van der Waals surface area contributed by atoms with E-state index in [4.69, 9.17) is 16.3 Å². The van der Waals surface area contributed by atoms with Crippen LogP contribution >= 0.6 is 11.6 Å². The van der Waals surface area contributed by atoms with Crippen LogP contribution in [0.5, 0.6) is 5.75 Å². The first kappa shape index (κ1) is 12.3. The van der Waals surface area contributed by atoms with Crippen molar-refractivity contribution in [3.8, 4) is 17.6 Å². The average molecular weight is 255 g/mol. The number of allylic oxidation sites excluding steroid dienone is 1. The zero-order chi connectivity index (χ0) is 12.6. The predicted octanol–water partition coefficient (Wildman–Crippen LogP) is 4.20. The van der Waals surface area contributed by atoms with E-state index in [9.17, 15) is 0 Å². The van der Waals surface area contributed by atoms with Gasteiger partial charge in [-0.25, -0.2) is 0 Å². The molecular weight excluding hydrogens is 244 g/mol. The van der Waals surface area contributed by atoms with Gasteiger partial charge in [0.05, 0.1) is 5.54 Å². The molecule has 2 rings (SSSR count). The van der Waals surface area contributed by atoms with Gasteiger partial charge in [-0.3, -0.25) is 0 Å². The molecule has 0 heterocycles. The summed E-state index contributed by atoms with van der Waals surface area (Å²) < 4.78 is 5.54. The van der Waals surface area contributed by atoms with Gasteiger partial charge >= 0.3 is 0 Å². The van der Waals surface area contributed by atoms with Crippen LogP contribution in [0.25, 0.3) is 0 Å². The van der Waals surface area contributed by atoms with Crippen molar-refractivity contribution < 1.29 is 4.74 Å². The molecule has 0 saturated carbocycles. The van der Waals surface area contributed by atoms with Crippen molar-refractivity contribution in [2.75, 3.05) is 0 Å². The summed E-state index contributed by atoms with van der Waals surface area (Å²) >= 11 is 5.69. The smallest absolute Gasteiger partial charge is 0.189 e. The maximum absolute atomic E-state index is 5.69. The first-order valence-electron chi connectivity index (χ1n) is 5.49. The van der Waals surface area contributed by atoms with E-state index in [1.165, 1.54) is 5.54 Å². The van der Waals surface area contributed by atoms with Crippen LogP contribution in [0.1, 0.15) is 5.56 Å². The number of ether oxygens (including phenoxy) is 1. The SMILES string of the molecule is Cl/C=C(/C#Cc1ccccc1)Oc1ccccc1. The van der Waals surface area contributed by atoms with Gasteiger partial charge in [0, 0.05) is 5.56 Å². The summed E-state index contributed by atoms with van der Waals surface area (Å²) in [5.41, 5.74) is 2.26. The lowest BCUT2D eigenvalue weighted by Gasteiger charge is -2.02. The van der Waals surface area contributed by atoms with E-state index < -0.39 is 0 Å². The Kier molecular flexibility index (Phi) is 4.46. The lowest BCUT2D eigenvalue weighted by atomic mass is 10.2. The van der Waals surface area contributed by atoms with Gasteiger partial charge in [0.25, 0.3) is 0 Å². The van der Waals surface area contributed by atoms with Gasteiger partial charge in [0.15, 0.2) is 5.76 Å². The van der Waals surface area contributed by atoms with Gasteiger partial charge in [-0.15, -0.1) is 0 Å². The molecule has 0 saturated heterocycles. The van der Waals surface area contributed by atoms with E-state index in [1.807, 2.05) is 60.7 Å². The first-order valence-corrected chi connectivity index (χ1v) is 5.92. The van der Waals surface area contributed by atoms with Crippen LogP contribution in [0.4, 0.5) is 0 Å². The molecule has 0 aliphatic carbocycles. The lowest BCUT2D eigenvalue weighted by molar-refractivity contribution is 0.451. The second-order valence-corrected chi connectivity index (χ2v) is 3.72. The topological polar surface area (TPSA) is 9.23 Å². The Hall–Kier alpha value is -2.17. The second kappa shape index (κ2) is 6.54. The van der Waals surface area contributed by atoms with Gasteiger partial charge < -0.3 is 4.74 Å². The van der Waals surface area contributed by atoms with Crippen LogP contribution in [-0.4, -0.2) is 0 Å². The molecule has 0 aliphatic rings. The van der Waals surface area contributed by atoms with E-state index in [0.29, 0.717) is 11.5 Å². The molecule has 0 N–H and O–H groups in total. The monoisotopic (exact) mass is 254 g/mol. The Balaban J connectivity index is 2.10. The zero-order valence-corrected chi connectivity index (χ0v) is 10.4. The van der Waals surface area contributed by atoms with Crippen molar-refractivity contribution >= 4 is 11.6 Å². The fourth-order valence-electron chi connectivity index (χ4n) is 1.35. The highest BCUT2D eigenvalue weighted by molar-refractivity contribution is 6.25. The van der Waals surface area contributed by atoms with Crippen LogP contribution < -0.4 is 4.74 Å². The number of hydrogen-bond acceptors (Lipinski definition) is 1. The Morgan fingerprint density at radius 3 is 2.17 bits per heavy atom. The van der Waals surface area contributed by atoms with Crippen molar-refractivity contribution in [1.29, 1.82) is 0 Å². The standard InChI is InChI=1S/C16H11ClO/c17-13-16(18-15-9-5-2-6-10-15)12-11-14-7-3-1-4-8-14/h1-10,13H/b16-13-. The summed E-state index contributed by atoms with van der Waals surface area (Å²) in [6, 6.07) is 19.1. The molecule has 0 unspecified atom stereocenters. The molecule has 2 aromatic rings. The summed E-state index contributed by atoms with van der Waals surface area (Å²) in [6.45, 7) is 0. The maximum atomic E-state index is 5.69. The Bertz CT molecular complexity index is 577. The average Bonchev–Trinajstić information content (AvgIpc) is 2.45. The molecule has 0 spiro atoms. The second-order valence-electron chi connectivity index (χ2n) is 3.50. The molecule has 0 amide bonds. The van der Waals surface area contributed by atoms with Crippen molar-refractivity contribution in [3.05, 3.63) is 77.5 Å². The molecule has 2 aromatic carbocycles. The van der Waals surface area contributed by atoms with Crippen molar-refractivity contribution in [1.82, 2.24) is 0 Å². The van der Waals surface area contributed by atoms with Gasteiger partial charge in [0.2, 0.25) is 0 Å². The summed E-state index contributed by atoms with van der Waals surface area (Å²) in [4.78, 5) is 0. The Morgan fingerprint density at radius 2 is 1.56 bits per heavy atom. The van der Waals surface area contributed by atoms with Gasteiger partial charge in [-0.2, -0.15) is 0 Å². The number of rotatable bonds is 2. The minimum atomic E-state index is 0.423. The van der Waals surface area contributed by atoms with E-state index in [0.717, 1.165) is 5.56 Å². The third kappa shape index (κ3) is 3.69. The predicted molar refractivity (Wildman–Crippen MR) is 74.3 cm³/mol. The highest BCUT2D eigenvalue weighted by Crippen LogP contribution is 2.12. The molecular formula is C16H11ClO. The van der Waals surface area contributed by atoms with Crippen molar-refractivity contribution in [3.63, 3.8) is 0 Å². The first-order chi connectivity index (χ1) is 8.88. The fourth-order valence-corrected chi connectivity index (χ4v) is 1.44. The van der Waals surface area contributed by atoms with E-state index in [2.05, 4.69) is 11.8 Å². The minimum Gasteiger partial charge on any atom is -0.447 e. The third-order valence-electron chi connectivity index (χ3n) is 2.17. The molecule has 0 aliphatic heterocycles. The molecule has 0 radical (unpaired) electrons. The summed E-state index contributed by atoms with van der Waals surface area (Å²) in [5.74, 6) is 7.02. The van der Waals surface area contributed by atoms with E-state index in [-0.39, 0.29) is 0 Å². The Morgan fingerprint density at radius 1 is 0.944 bits per heavy atom. The highest BCUT2D eigenvalue weighted by atomic mass is 35.5. The van der Waals surface area contributed by atoms with Crippen LogP contribution in [0.3, 0.4) is 0 Å². The third-order valence-corrected chi connectivity index (χ3v) is 2.37. The van der Waals surface area contributed by atoms with Crippen LogP contribution in [0.2, 0.25) is 0 Å². The number of halogens is 1. The van der Waals surface area contributed by atoms with Gasteiger partial charge in [-0.05, 0) is 30.2 Å². The fraction of sp³-hybridized carbons (Fsp3) is 0. The van der Waals surface area contributed by atoms with Crippen LogP contribution in [-0.2, 0) is 0 Å². The van der Waals surface area contributed by atoms with E-state index in [1.54, 1.807) is 0 Å². The molecule has 1 nitrogen and oxygen atoms in total. The minimum absolute atomic E-state index is 0.423. The molecule has 88 valence electrons. The lowest BCUT2D eigenvalue weighted by Crippen LogP contribution is -1.91. The number of para-hydroxylation sites is 1. The number of hydrogen-bond donors (Lipinski definition) is 0. The van der Waals surface area contributed by atoms with Crippen LogP contribution in [0.15, 0.2) is 72.0 Å². The van der Waals surface area contributed by atoms with Crippen LogP contribution in [0, 0.1) is 11.8 Å². The van der Waals surface area contributed by atoms with Gasteiger partial charge in [0.1, 0.15) is 5.75 Å². The maximum Gasteiger partial charge on any atom is 0.189 e. The van der Waals surface area contributed by atoms with Crippen molar-refractivity contribution in [2.45, 2.75) is 0 Å². The van der Waals surface area contributed by atoms with Crippen molar-refractivity contribution in [2.24, 2.45) is 0 Å². The molecule has 0 fully saturated rings. The molecule has 0 bridgehead atoms. The largest absolute Gasteiger partial charge is 0.447 e. The summed E-state index contributed by atoms with van der Waals surface area (Å²) in [6.07, 6.45) is 0. The molecule has 0 atom stereocenters. The zero-order valence-electron chi connectivity index (χ0n) is 9.64. The molecule has 18 heavy (non-hydrogen) atoms. The molecule has 0 aromatic heterocycles. The molecule has 2 heteroatoms. The Labute approximate surface area is 112 Å².